The summed E-state index contributed by atoms with van der Waals surface area (Å²) in [5.41, 5.74) is 4.38. The van der Waals surface area contributed by atoms with E-state index in [1.54, 1.807) is 0 Å². The zero-order valence-corrected chi connectivity index (χ0v) is 14.3. The number of carbonyl (C=O) groups is 1. The summed E-state index contributed by atoms with van der Waals surface area (Å²) in [6, 6.07) is 0. The normalized spacial score (nSPS) is 29.1. The van der Waals surface area contributed by atoms with Crippen molar-refractivity contribution in [3.8, 4) is 12.3 Å². The molecule has 0 radical (unpaired) electrons. The van der Waals surface area contributed by atoms with Crippen molar-refractivity contribution in [1.82, 2.24) is 0 Å². The third-order valence-corrected chi connectivity index (χ3v) is 5.03. The summed E-state index contributed by atoms with van der Waals surface area (Å²) in [6.07, 6.45) is 8.64. The lowest BCUT2D eigenvalue weighted by molar-refractivity contribution is -0.149. The van der Waals surface area contributed by atoms with Gasteiger partial charge in [-0.1, -0.05) is 32.1 Å². The Labute approximate surface area is 134 Å². The first-order valence-electron chi connectivity index (χ1n) is 7.87. The third kappa shape index (κ3) is 2.90. The highest BCUT2D eigenvalue weighted by Crippen LogP contribution is 2.60. The van der Waals surface area contributed by atoms with Crippen LogP contribution in [-0.2, 0) is 9.53 Å². The highest BCUT2D eigenvalue weighted by atomic mass is 16.5. The van der Waals surface area contributed by atoms with Gasteiger partial charge in [0.05, 0.1) is 5.92 Å². The van der Waals surface area contributed by atoms with E-state index in [4.69, 9.17) is 11.2 Å². The minimum Gasteiger partial charge on any atom is -0.457 e. The van der Waals surface area contributed by atoms with Crippen molar-refractivity contribution in [2.45, 2.75) is 53.6 Å². The van der Waals surface area contributed by atoms with E-state index in [0.717, 1.165) is 16.7 Å². The van der Waals surface area contributed by atoms with Crippen LogP contribution in [0.5, 0.6) is 0 Å². The summed E-state index contributed by atoms with van der Waals surface area (Å²) in [5, 5.41) is 0. The first kappa shape index (κ1) is 16.6. The van der Waals surface area contributed by atoms with Gasteiger partial charge in [0, 0.05) is 12.8 Å². The van der Waals surface area contributed by atoms with Crippen molar-refractivity contribution in [1.29, 1.82) is 0 Å². The van der Waals surface area contributed by atoms with Gasteiger partial charge in [0.15, 0.2) is 0 Å². The second-order valence-electron chi connectivity index (χ2n) is 7.34. The molecule has 118 valence electrons. The third-order valence-electron chi connectivity index (χ3n) is 5.03. The van der Waals surface area contributed by atoms with Gasteiger partial charge in [-0.3, -0.25) is 4.79 Å². The lowest BCUT2D eigenvalue weighted by atomic mass is 10.1. The quantitative estimate of drug-likeness (QED) is 0.436. The maximum Gasteiger partial charge on any atom is 0.310 e. The van der Waals surface area contributed by atoms with Crippen LogP contribution >= 0.6 is 0 Å². The average Bonchev–Trinajstić information content (AvgIpc) is 2.83. The Morgan fingerprint density at radius 1 is 1.50 bits per heavy atom. The molecule has 1 saturated carbocycles. The molecule has 0 N–H and O–H groups in total. The molecule has 0 aromatic heterocycles. The molecular formula is C20H26O2. The van der Waals surface area contributed by atoms with Crippen LogP contribution < -0.4 is 0 Å². The van der Waals surface area contributed by atoms with E-state index < -0.39 is 0 Å². The van der Waals surface area contributed by atoms with E-state index in [1.165, 1.54) is 5.57 Å². The van der Waals surface area contributed by atoms with Gasteiger partial charge in [-0.15, -0.1) is 12.3 Å². The fourth-order valence-electron chi connectivity index (χ4n) is 3.48. The molecule has 0 heterocycles. The smallest absolute Gasteiger partial charge is 0.310 e. The summed E-state index contributed by atoms with van der Waals surface area (Å²) in [5.74, 6) is 2.80. The van der Waals surface area contributed by atoms with E-state index in [-0.39, 0.29) is 29.3 Å². The van der Waals surface area contributed by atoms with Crippen LogP contribution in [0.15, 0.2) is 34.9 Å². The van der Waals surface area contributed by atoms with Gasteiger partial charge in [-0.05, 0) is 48.8 Å². The Bertz CT molecular complexity index is 606. The van der Waals surface area contributed by atoms with Gasteiger partial charge in [-0.2, -0.15) is 0 Å². The number of terminal acetylenes is 1. The van der Waals surface area contributed by atoms with Crippen molar-refractivity contribution < 1.29 is 9.53 Å². The Balaban J connectivity index is 2.07. The van der Waals surface area contributed by atoms with Crippen LogP contribution in [0, 0.1) is 29.6 Å². The molecule has 0 aromatic carbocycles. The molecule has 3 atom stereocenters. The van der Waals surface area contributed by atoms with Crippen LogP contribution in [-0.4, -0.2) is 12.1 Å². The van der Waals surface area contributed by atoms with Gasteiger partial charge >= 0.3 is 5.97 Å². The summed E-state index contributed by atoms with van der Waals surface area (Å²) in [4.78, 5) is 12.5. The Morgan fingerprint density at radius 2 is 2.14 bits per heavy atom. The number of esters is 1. The molecule has 2 aliphatic rings. The summed E-state index contributed by atoms with van der Waals surface area (Å²) in [7, 11) is 0. The highest BCUT2D eigenvalue weighted by molar-refractivity contribution is 5.79. The molecule has 0 aliphatic heterocycles. The zero-order chi connectivity index (χ0) is 16.7. The van der Waals surface area contributed by atoms with Crippen LogP contribution in [0.3, 0.4) is 0 Å². The van der Waals surface area contributed by atoms with Crippen LogP contribution in [0.4, 0.5) is 0 Å². The number of allylic oxidation sites excluding steroid dienone is 3. The first-order valence-corrected chi connectivity index (χ1v) is 7.87. The molecule has 0 unspecified atom stereocenters. The maximum atomic E-state index is 12.5. The van der Waals surface area contributed by atoms with Gasteiger partial charge in [-0.25, -0.2) is 0 Å². The number of hydrogen-bond donors (Lipinski definition) is 0. The van der Waals surface area contributed by atoms with Crippen LogP contribution in [0.2, 0.25) is 0 Å². The molecule has 0 aromatic rings. The number of hydrogen-bond acceptors (Lipinski definition) is 2. The molecule has 2 heteroatoms. The Morgan fingerprint density at radius 3 is 2.68 bits per heavy atom. The minimum absolute atomic E-state index is 0.0107. The number of rotatable bonds is 4. The van der Waals surface area contributed by atoms with Gasteiger partial charge in [0.1, 0.15) is 6.10 Å². The molecule has 0 amide bonds. The molecule has 0 saturated heterocycles. The molecule has 2 aliphatic carbocycles. The largest absolute Gasteiger partial charge is 0.457 e. The second kappa shape index (κ2) is 5.80. The second-order valence-corrected chi connectivity index (χ2v) is 7.34. The predicted octanol–water partition coefficient (Wildman–Crippen LogP) is 4.44. The van der Waals surface area contributed by atoms with Crippen molar-refractivity contribution in [2.75, 3.05) is 0 Å². The monoisotopic (exact) mass is 298 g/mol. The summed E-state index contributed by atoms with van der Waals surface area (Å²) < 4.78 is 5.79. The van der Waals surface area contributed by atoms with E-state index >= 15 is 0 Å². The lowest BCUT2D eigenvalue weighted by Gasteiger charge is -2.14. The molecule has 0 bridgehead atoms. The fourth-order valence-corrected chi connectivity index (χ4v) is 3.48. The number of ether oxygens (including phenoxy) is 1. The zero-order valence-electron chi connectivity index (χ0n) is 14.3. The summed E-state index contributed by atoms with van der Waals surface area (Å²) >= 11 is 0. The van der Waals surface area contributed by atoms with Crippen LogP contribution in [0.1, 0.15) is 47.5 Å². The average molecular weight is 298 g/mol. The Kier molecular flexibility index (Phi) is 4.38. The molecule has 1 fully saturated rings. The number of carbonyl (C=O) groups excluding carboxylic acids is 1. The van der Waals surface area contributed by atoms with Gasteiger partial charge < -0.3 is 4.74 Å². The van der Waals surface area contributed by atoms with Crippen molar-refractivity contribution in [3.05, 3.63) is 34.9 Å². The van der Waals surface area contributed by atoms with Crippen LogP contribution in [0.25, 0.3) is 0 Å². The van der Waals surface area contributed by atoms with Crippen molar-refractivity contribution >= 4 is 5.97 Å². The maximum absolute atomic E-state index is 12.5. The molecular weight excluding hydrogens is 272 g/mol. The van der Waals surface area contributed by atoms with E-state index in [2.05, 4.69) is 46.3 Å². The Hall–Kier alpha value is -1.75. The molecule has 2 rings (SSSR count). The van der Waals surface area contributed by atoms with Crippen molar-refractivity contribution in [2.24, 2.45) is 17.3 Å². The standard InChI is InChI=1S/C20H26O2/c1-8-9-15-13(4)11-17(14(15)5)22-19(21)18-16(10-12(2)3)20(18,6)7/h1,10,16-18H,4,9,11H2,2-3,5-7H3/t16-,17-,18+/m0/s1. The molecule has 22 heavy (non-hydrogen) atoms. The molecule has 2 nitrogen and oxygen atoms in total. The lowest BCUT2D eigenvalue weighted by Crippen LogP contribution is -2.20. The predicted molar refractivity (Wildman–Crippen MR) is 90.0 cm³/mol. The van der Waals surface area contributed by atoms with E-state index in [9.17, 15) is 4.79 Å². The van der Waals surface area contributed by atoms with E-state index in [1.807, 2.05) is 6.92 Å². The fraction of sp³-hybridized carbons (Fsp3) is 0.550. The van der Waals surface area contributed by atoms with E-state index in [0.29, 0.717) is 12.8 Å². The van der Waals surface area contributed by atoms with Gasteiger partial charge in [0.25, 0.3) is 0 Å². The highest BCUT2D eigenvalue weighted by Gasteiger charge is 2.61. The topological polar surface area (TPSA) is 26.3 Å². The first-order chi connectivity index (χ1) is 10.2. The molecule has 0 spiro atoms. The summed E-state index contributed by atoms with van der Waals surface area (Å²) in [6.45, 7) is 14.4. The minimum atomic E-state index is -0.188. The van der Waals surface area contributed by atoms with Gasteiger partial charge in [0.2, 0.25) is 0 Å². The van der Waals surface area contributed by atoms with Crippen molar-refractivity contribution in [3.63, 3.8) is 0 Å². The SMILES string of the molecule is C#CCC1=C(C)[C@@H](OC(=O)[C@H]2[C@H](C=C(C)C)C2(C)C)CC1=C.